The predicted molar refractivity (Wildman–Crippen MR) is 124 cm³/mol. The van der Waals surface area contributed by atoms with Crippen molar-refractivity contribution >= 4 is 45.2 Å². The van der Waals surface area contributed by atoms with Crippen LogP contribution in [0.15, 0.2) is 75.4 Å². The highest BCUT2D eigenvalue weighted by Gasteiger charge is 2.31. The van der Waals surface area contributed by atoms with E-state index in [4.69, 9.17) is 26.1 Å². The van der Waals surface area contributed by atoms with Crippen molar-refractivity contribution in [2.75, 3.05) is 7.11 Å². The Morgan fingerprint density at radius 1 is 1.19 bits per heavy atom. The Morgan fingerprint density at radius 3 is 2.71 bits per heavy atom. The summed E-state index contributed by atoms with van der Waals surface area (Å²) in [7, 11) is 1.61. The normalized spacial score (nSPS) is 14.8. The Morgan fingerprint density at radius 2 is 2.00 bits per heavy atom. The van der Waals surface area contributed by atoms with E-state index in [1.165, 1.54) is 4.90 Å². The molecule has 0 bridgehead atoms. The zero-order chi connectivity index (χ0) is 21.8. The molecule has 1 aromatic heterocycles. The zero-order valence-corrected chi connectivity index (χ0v) is 19.0. The molecule has 1 fully saturated rings. The monoisotopic (exact) mass is 498 g/mol. The lowest BCUT2D eigenvalue weighted by molar-refractivity contribution is -0.122. The van der Waals surface area contributed by atoms with Crippen LogP contribution in [0.25, 0.3) is 6.08 Å². The van der Waals surface area contributed by atoms with Gasteiger partial charge in [0.15, 0.2) is 5.11 Å². The number of carbonyl (C=O) groups is 1. The maximum Gasteiger partial charge on any atom is 0.276 e. The Hall–Kier alpha value is -3.10. The van der Waals surface area contributed by atoms with E-state index in [1.54, 1.807) is 31.6 Å². The van der Waals surface area contributed by atoms with Gasteiger partial charge in [-0.2, -0.15) is 0 Å². The van der Waals surface area contributed by atoms with Crippen molar-refractivity contribution < 1.29 is 18.7 Å². The van der Waals surface area contributed by atoms with E-state index < -0.39 is 0 Å². The molecule has 0 aliphatic carbocycles. The molecule has 0 atom stereocenters. The molecule has 6 nitrogen and oxygen atoms in total. The largest absolute Gasteiger partial charge is 0.496 e. The van der Waals surface area contributed by atoms with Crippen LogP contribution in [0.3, 0.4) is 0 Å². The van der Waals surface area contributed by atoms with E-state index in [2.05, 4.69) is 21.2 Å². The summed E-state index contributed by atoms with van der Waals surface area (Å²) in [5.41, 5.74) is 2.09. The van der Waals surface area contributed by atoms with Crippen LogP contribution < -0.4 is 14.8 Å². The summed E-state index contributed by atoms with van der Waals surface area (Å²) in [6.07, 6.45) is 3.33. The predicted octanol–water partition coefficient (Wildman–Crippen LogP) is 4.89. The zero-order valence-electron chi connectivity index (χ0n) is 16.6. The first kappa shape index (κ1) is 21.1. The van der Waals surface area contributed by atoms with Gasteiger partial charge in [0, 0.05) is 10.0 Å². The molecule has 1 amide bonds. The number of furan rings is 1. The number of methoxy groups -OCH3 is 1. The summed E-state index contributed by atoms with van der Waals surface area (Å²) in [5.74, 6) is 1.92. The second-order valence-corrected chi connectivity index (χ2v) is 8.08. The molecule has 8 heteroatoms. The number of thiocarbonyl (C=S) groups is 1. The summed E-state index contributed by atoms with van der Waals surface area (Å²) in [4.78, 5) is 14.3. The quantitative estimate of drug-likeness (QED) is 0.369. The van der Waals surface area contributed by atoms with E-state index in [-0.39, 0.29) is 12.5 Å². The molecule has 1 N–H and O–H groups in total. The van der Waals surface area contributed by atoms with E-state index >= 15 is 0 Å². The van der Waals surface area contributed by atoms with Gasteiger partial charge in [0.05, 0.1) is 19.9 Å². The molecule has 0 unspecified atom stereocenters. The van der Waals surface area contributed by atoms with Crippen LogP contribution >= 0.6 is 28.1 Å². The molecule has 1 saturated heterocycles. The first-order valence-corrected chi connectivity index (χ1v) is 10.7. The Kier molecular flexibility index (Phi) is 6.39. The molecule has 3 aromatic rings. The molecular formula is C23H19BrN2O4S. The van der Waals surface area contributed by atoms with Crippen LogP contribution in [0, 0.1) is 0 Å². The standard InChI is InChI=1S/C23H19BrN2O4S/c1-28-21-9-4-15(11-16(21)14-30-18-7-5-17(24)6-8-18)12-20-22(27)26(23(31)25-20)13-19-3-2-10-29-19/h2-12H,13-14H2,1H3,(H,25,31)/b20-12+. The molecule has 31 heavy (non-hydrogen) atoms. The van der Waals surface area contributed by atoms with Crippen LogP contribution in [0.2, 0.25) is 0 Å². The van der Waals surface area contributed by atoms with E-state index in [1.807, 2.05) is 42.5 Å². The molecule has 2 aromatic carbocycles. The lowest BCUT2D eigenvalue weighted by Gasteiger charge is -2.12. The minimum Gasteiger partial charge on any atom is -0.496 e. The topological polar surface area (TPSA) is 63.9 Å². The average molecular weight is 499 g/mol. The van der Waals surface area contributed by atoms with Gasteiger partial charge in [-0.1, -0.05) is 22.0 Å². The van der Waals surface area contributed by atoms with Crippen LogP contribution in [0.4, 0.5) is 0 Å². The number of hydrogen-bond donors (Lipinski definition) is 1. The van der Waals surface area contributed by atoms with Crippen LogP contribution in [-0.2, 0) is 17.9 Å². The van der Waals surface area contributed by atoms with Crippen LogP contribution in [-0.4, -0.2) is 23.0 Å². The first-order chi connectivity index (χ1) is 15.0. The number of rotatable bonds is 7. The van der Waals surface area contributed by atoms with Gasteiger partial charge >= 0.3 is 0 Å². The molecule has 158 valence electrons. The second-order valence-electron chi connectivity index (χ2n) is 6.77. The number of amides is 1. The summed E-state index contributed by atoms with van der Waals surface area (Å²) in [6, 6.07) is 16.8. The number of hydrogen-bond acceptors (Lipinski definition) is 5. The van der Waals surface area contributed by atoms with E-state index in [0.29, 0.717) is 28.9 Å². The van der Waals surface area contributed by atoms with Crippen LogP contribution in [0.1, 0.15) is 16.9 Å². The number of nitrogens with zero attached hydrogens (tertiary/aromatic N) is 1. The van der Waals surface area contributed by atoms with Gasteiger partial charge in [-0.05, 0) is 72.4 Å². The van der Waals surface area contributed by atoms with Gasteiger partial charge in [0.25, 0.3) is 5.91 Å². The maximum atomic E-state index is 12.8. The SMILES string of the molecule is COc1ccc(/C=C2/NC(=S)N(Cc3ccco3)C2=O)cc1COc1ccc(Br)cc1. The number of nitrogens with one attached hydrogen (secondary N) is 1. The van der Waals surface area contributed by atoms with Gasteiger partial charge in [-0.15, -0.1) is 0 Å². The number of benzene rings is 2. The van der Waals surface area contributed by atoms with Crippen molar-refractivity contribution in [3.63, 3.8) is 0 Å². The highest BCUT2D eigenvalue weighted by atomic mass is 79.9. The van der Waals surface area contributed by atoms with Gasteiger partial charge in [-0.25, -0.2) is 0 Å². The van der Waals surface area contributed by atoms with Gasteiger partial charge in [0.2, 0.25) is 0 Å². The smallest absolute Gasteiger partial charge is 0.276 e. The molecule has 0 radical (unpaired) electrons. The third-order valence-electron chi connectivity index (χ3n) is 4.68. The van der Waals surface area contributed by atoms with Gasteiger partial charge < -0.3 is 19.2 Å². The van der Waals surface area contributed by atoms with Crippen molar-refractivity contribution in [3.8, 4) is 11.5 Å². The van der Waals surface area contributed by atoms with E-state index in [9.17, 15) is 4.79 Å². The third kappa shape index (κ3) is 4.98. The summed E-state index contributed by atoms with van der Waals surface area (Å²) >= 11 is 8.73. The molecule has 1 aliphatic heterocycles. The molecular weight excluding hydrogens is 480 g/mol. The Balaban J connectivity index is 1.52. The van der Waals surface area contributed by atoms with Crippen LogP contribution in [0.5, 0.6) is 11.5 Å². The first-order valence-electron chi connectivity index (χ1n) is 9.45. The van der Waals surface area contributed by atoms with Crippen molar-refractivity contribution in [3.05, 3.63) is 87.9 Å². The van der Waals surface area contributed by atoms with Gasteiger partial charge in [0.1, 0.15) is 29.6 Å². The summed E-state index contributed by atoms with van der Waals surface area (Å²) in [6.45, 7) is 0.607. The lowest BCUT2D eigenvalue weighted by atomic mass is 10.1. The minimum atomic E-state index is -0.204. The fourth-order valence-corrected chi connectivity index (χ4v) is 3.65. The highest BCUT2D eigenvalue weighted by Crippen LogP contribution is 2.25. The maximum absolute atomic E-state index is 12.8. The third-order valence-corrected chi connectivity index (χ3v) is 5.53. The number of halogens is 1. The van der Waals surface area contributed by atoms with Crippen molar-refractivity contribution in [2.24, 2.45) is 0 Å². The van der Waals surface area contributed by atoms with Crippen molar-refractivity contribution in [1.29, 1.82) is 0 Å². The minimum absolute atomic E-state index is 0.204. The number of ether oxygens (including phenoxy) is 2. The molecule has 1 aliphatic rings. The lowest BCUT2D eigenvalue weighted by Crippen LogP contribution is -2.29. The van der Waals surface area contributed by atoms with Gasteiger partial charge in [-0.3, -0.25) is 9.69 Å². The summed E-state index contributed by atoms with van der Waals surface area (Å²) in [5, 5.41) is 3.33. The molecule has 4 rings (SSSR count). The van der Waals surface area contributed by atoms with Crippen molar-refractivity contribution in [2.45, 2.75) is 13.2 Å². The molecule has 0 spiro atoms. The van der Waals surface area contributed by atoms with E-state index in [0.717, 1.165) is 21.3 Å². The molecule has 2 heterocycles. The average Bonchev–Trinajstić information content (AvgIpc) is 3.38. The Labute approximate surface area is 193 Å². The second kappa shape index (κ2) is 9.36. The summed E-state index contributed by atoms with van der Waals surface area (Å²) < 4.78 is 17.7. The fourth-order valence-electron chi connectivity index (χ4n) is 3.13. The number of carbonyl (C=O) groups excluding carboxylic acids is 1. The highest BCUT2D eigenvalue weighted by molar-refractivity contribution is 9.10. The van der Waals surface area contributed by atoms with Crippen molar-refractivity contribution in [1.82, 2.24) is 10.2 Å². The fraction of sp³-hybridized carbons (Fsp3) is 0.130. The molecule has 0 saturated carbocycles. The Bertz CT molecular complexity index is 1130.